The molecule has 0 spiro atoms. The summed E-state index contributed by atoms with van der Waals surface area (Å²) in [5.74, 6) is 0.197. The van der Waals surface area contributed by atoms with Gasteiger partial charge in [-0.05, 0) is 49.1 Å². The monoisotopic (exact) mass is 265 g/mol. The summed E-state index contributed by atoms with van der Waals surface area (Å²) in [6.45, 7) is 3.09. The summed E-state index contributed by atoms with van der Waals surface area (Å²) >= 11 is 0. The topological polar surface area (TPSA) is 29.1 Å². The molecule has 1 heterocycles. The minimum absolute atomic E-state index is 0.197. The van der Waals surface area contributed by atoms with Crippen LogP contribution in [0.25, 0.3) is 0 Å². The second kappa shape index (κ2) is 5.49. The quantitative estimate of drug-likeness (QED) is 0.856. The maximum absolute atomic E-state index is 12.4. The van der Waals surface area contributed by atoms with Crippen molar-refractivity contribution in [2.75, 3.05) is 11.9 Å². The zero-order valence-corrected chi connectivity index (χ0v) is 11.8. The molecular formula is C18H19NO. The number of ketones is 1. The fourth-order valence-electron chi connectivity index (χ4n) is 2.64. The highest BCUT2D eigenvalue weighted by Crippen LogP contribution is 2.23. The third kappa shape index (κ3) is 2.74. The molecule has 0 amide bonds. The first kappa shape index (κ1) is 12.9. The summed E-state index contributed by atoms with van der Waals surface area (Å²) in [6.07, 6.45) is 2.68. The molecular weight excluding hydrogens is 246 g/mol. The van der Waals surface area contributed by atoms with Crippen LogP contribution in [-0.2, 0) is 12.8 Å². The Morgan fingerprint density at radius 1 is 1.15 bits per heavy atom. The molecule has 1 N–H and O–H groups in total. The molecule has 0 saturated heterocycles. The van der Waals surface area contributed by atoms with Gasteiger partial charge in [-0.1, -0.05) is 29.8 Å². The van der Waals surface area contributed by atoms with Crippen molar-refractivity contribution in [3.05, 3.63) is 64.7 Å². The van der Waals surface area contributed by atoms with E-state index in [9.17, 15) is 4.79 Å². The Kier molecular flexibility index (Phi) is 3.55. The minimum atomic E-state index is 0.197. The number of nitrogens with one attached hydrogen (secondary N) is 1. The van der Waals surface area contributed by atoms with Crippen LogP contribution in [0.3, 0.4) is 0 Å². The highest BCUT2D eigenvalue weighted by molar-refractivity contribution is 5.98. The smallest absolute Gasteiger partial charge is 0.167 e. The molecule has 102 valence electrons. The predicted octanol–water partition coefficient (Wildman–Crippen LogP) is 3.78. The fraction of sp³-hybridized carbons (Fsp3) is 0.278. The summed E-state index contributed by atoms with van der Waals surface area (Å²) in [4.78, 5) is 12.4. The Balaban J connectivity index is 1.78. The van der Waals surface area contributed by atoms with E-state index in [0.29, 0.717) is 6.42 Å². The van der Waals surface area contributed by atoms with Crippen molar-refractivity contribution in [1.29, 1.82) is 0 Å². The number of hydrogen-bond donors (Lipinski definition) is 1. The molecule has 1 aliphatic heterocycles. The Morgan fingerprint density at radius 2 is 1.95 bits per heavy atom. The maximum atomic E-state index is 12.4. The Labute approximate surface area is 119 Å². The molecule has 20 heavy (non-hydrogen) atoms. The largest absolute Gasteiger partial charge is 0.385 e. The van der Waals surface area contributed by atoms with Gasteiger partial charge >= 0.3 is 0 Å². The van der Waals surface area contributed by atoms with Gasteiger partial charge < -0.3 is 5.32 Å². The molecule has 0 radical (unpaired) electrons. The Morgan fingerprint density at radius 3 is 2.75 bits per heavy atom. The van der Waals surface area contributed by atoms with Gasteiger partial charge in [0.1, 0.15) is 0 Å². The second-order valence-electron chi connectivity index (χ2n) is 5.49. The first-order valence-corrected chi connectivity index (χ1v) is 7.18. The summed E-state index contributed by atoms with van der Waals surface area (Å²) in [7, 11) is 0. The van der Waals surface area contributed by atoms with E-state index in [0.717, 1.165) is 30.5 Å². The van der Waals surface area contributed by atoms with Crippen LogP contribution in [0.15, 0.2) is 42.5 Å². The molecule has 0 atom stereocenters. The van der Waals surface area contributed by atoms with Gasteiger partial charge in [0.25, 0.3) is 0 Å². The van der Waals surface area contributed by atoms with E-state index < -0.39 is 0 Å². The van der Waals surface area contributed by atoms with Gasteiger partial charge in [-0.2, -0.15) is 0 Å². The first-order valence-electron chi connectivity index (χ1n) is 7.18. The normalized spacial score (nSPS) is 13.4. The average Bonchev–Trinajstić information content (AvgIpc) is 2.49. The van der Waals surface area contributed by atoms with Crippen molar-refractivity contribution >= 4 is 11.5 Å². The van der Waals surface area contributed by atoms with Crippen LogP contribution in [0.1, 0.15) is 33.5 Å². The highest BCUT2D eigenvalue weighted by atomic mass is 16.1. The van der Waals surface area contributed by atoms with Gasteiger partial charge in [0.2, 0.25) is 0 Å². The number of rotatable bonds is 3. The zero-order chi connectivity index (χ0) is 13.9. The third-order valence-corrected chi connectivity index (χ3v) is 3.85. The number of aryl methyl sites for hydroxylation is 2. The maximum Gasteiger partial charge on any atom is 0.167 e. The molecule has 3 rings (SSSR count). The van der Waals surface area contributed by atoms with Crippen LogP contribution in [0.4, 0.5) is 5.69 Å². The van der Waals surface area contributed by atoms with E-state index in [-0.39, 0.29) is 5.78 Å². The molecule has 0 aliphatic carbocycles. The Hall–Kier alpha value is -2.09. The lowest BCUT2D eigenvalue weighted by molar-refractivity contribution is 0.0993. The van der Waals surface area contributed by atoms with Gasteiger partial charge in [0.15, 0.2) is 5.78 Å². The van der Waals surface area contributed by atoms with Crippen LogP contribution in [0, 0.1) is 6.92 Å². The van der Waals surface area contributed by atoms with Crippen LogP contribution >= 0.6 is 0 Å². The van der Waals surface area contributed by atoms with Gasteiger partial charge in [0.05, 0.1) is 0 Å². The standard InChI is InChI=1S/C18H19NO/c1-13-4-6-14(7-5-13)11-18(20)16-8-9-17-15(12-16)3-2-10-19-17/h4-9,12,19H,2-3,10-11H2,1H3. The number of Topliss-reactive ketones (excluding diaryl/α,β-unsaturated/α-hetero) is 1. The van der Waals surface area contributed by atoms with Crippen LogP contribution < -0.4 is 5.32 Å². The zero-order valence-electron chi connectivity index (χ0n) is 11.8. The summed E-state index contributed by atoms with van der Waals surface area (Å²) in [5.41, 5.74) is 5.58. The number of hydrogen-bond acceptors (Lipinski definition) is 2. The van der Waals surface area contributed by atoms with E-state index in [2.05, 4.69) is 30.4 Å². The first-order chi connectivity index (χ1) is 9.72. The van der Waals surface area contributed by atoms with E-state index >= 15 is 0 Å². The van der Waals surface area contributed by atoms with Gasteiger partial charge in [0, 0.05) is 24.2 Å². The molecule has 2 heteroatoms. The van der Waals surface area contributed by atoms with Crippen molar-refractivity contribution in [1.82, 2.24) is 0 Å². The number of benzene rings is 2. The van der Waals surface area contributed by atoms with E-state index in [1.165, 1.54) is 16.8 Å². The number of carbonyl (C=O) groups excluding carboxylic acids is 1. The van der Waals surface area contributed by atoms with Crippen LogP contribution in [0.5, 0.6) is 0 Å². The number of fused-ring (bicyclic) bond motifs is 1. The van der Waals surface area contributed by atoms with E-state index in [4.69, 9.17) is 0 Å². The van der Waals surface area contributed by atoms with Crippen molar-refractivity contribution in [3.8, 4) is 0 Å². The average molecular weight is 265 g/mol. The van der Waals surface area contributed by atoms with Gasteiger partial charge in [-0.15, -0.1) is 0 Å². The molecule has 0 bridgehead atoms. The third-order valence-electron chi connectivity index (χ3n) is 3.85. The lowest BCUT2D eigenvalue weighted by atomic mass is 9.96. The van der Waals surface area contributed by atoms with Crippen molar-refractivity contribution in [3.63, 3.8) is 0 Å². The second-order valence-corrected chi connectivity index (χ2v) is 5.49. The van der Waals surface area contributed by atoms with E-state index in [1.807, 2.05) is 24.3 Å². The molecule has 2 aromatic carbocycles. The minimum Gasteiger partial charge on any atom is -0.385 e. The molecule has 1 aliphatic rings. The van der Waals surface area contributed by atoms with Crippen molar-refractivity contribution in [2.45, 2.75) is 26.2 Å². The SMILES string of the molecule is Cc1ccc(CC(=O)c2ccc3c(c2)CCCN3)cc1. The fourth-order valence-corrected chi connectivity index (χ4v) is 2.64. The number of carbonyl (C=O) groups is 1. The molecule has 2 nitrogen and oxygen atoms in total. The summed E-state index contributed by atoms with van der Waals surface area (Å²) in [6, 6.07) is 14.2. The summed E-state index contributed by atoms with van der Waals surface area (Å²) in [5, 5.41) is 3.37. The highest BCUT2D eigenvalue weighted by Gasteiger charge is 2.12. The van der Waals surface area contributed by atoms with Gasteiger partial charge in [-0.25, -0.2) is 0 Å². The summed E-state index contributed by atoms with van der Waals surface area (Å²) < 4.78 is 0. The van der Waals surface area contributed by atoms with Crippen LogP contribution in [-0.4, -0.2) is 12.3 Å². The van der Waals surface area contributed by atoms with Crippen LogP contribution in [0.2, 0.25) is 0 Å². The molecule has 0 fully saturated rings. The lowest BCUT2D eigenvalue weighted by Gasteiger charge is -2.18. The van der Waals surface area contributed by atoms with Crippen molar-refractivity contribution in [2.24, 2.45) is 0 Å². The molecule has 2 aromatic rings. The lowest BCUT2D eigenvalue weighted by Crippen LogP contribution is -2.13. The van der Waals surface area contributed by atoms with Gasteiger partial charge in [-0.3, -0.25) is 4.79 Å². The van der Waals surface area contributed by atoms with Crippen molar-refractivity contribution < 1.29 is 4.79 Å². The number of anilines is 1. The Bertz CT molecular complexity index is 628. The predicted molar refractivity (Wildman–Crippen MR) is 82.5 cm³/mol. The molecule has 0 unspecified atom stereocenters. The molecule has 0 saturated carbocycles. The van der Waals surface area contributed by atoms with E-state index in [1.54, 1.807) is 0 Å². The molecule has 0 aromatic heterocycles.